The summed E-state index contributed by atoms with van der Waals surface area (Å²) < 4.78 is 0. The third kappa shape index (κ3) is 3.17. The molecule has 0 spiro atoms. The molecular formula is C13H19N3OS. The quantitative estimate of drug-likeness (QED) is 0.793. The molecule has 1 aromatic rings. The van der Waals surface area contributed by atoms with Gasteiger partial charge in [-0.3, -0.25) is 0 Å². The van der Waals surface area contributed by atoms with E-state index in [2.05, 4.69) is 9.88 Å². The topological polar surface area (TPSA) is 62.4 Å². The molecule has 18 heavy (non-hydrogen) atoms. The van der Waals surface area contributed by atoms with Crippen LogP contribution in [0.5, 0.6) is 0 Å². The molecule has 0 bridgehead atoms. The Morgan fingerprint density at radius 3 is 2.83 bits per heavy atom. The van der Waals surface area contributed by atoms with Gasteiger partial charge < -0.3 is 15.7 Å². The summed E-state index contributed by atoms with van der Waals surface area (Å²) in [5.41, 5.74) is 5.79. The van der Waals surface area contributed by atoms with Crippen LogP contribution in [-0.2, 0) is 0 Å². The summed E-state index contributed by atoms with van der Waals surface area (Å²) in [6, 6.07) is 3.84. The lowest BCUT2D eigenvalue weighted by Gasteiger charge is -2.23. The fourth-order valence-electron chi connectivity index (χ4n) is 2.21. The minimum atomic E-state index is -0.548. The van der Waals surface area contributed by atoms with Gasteiger partial charge in [-0.2, -0.15) is 0 Å². The average Bonchev–Trinajstić information content (AvgIpc) is 2.50. The molecule has 0 radical (unpaired) electrons. The maximum absolute atomic E-state index is 10.1. The normalized spacial score (nSPS) is 24.7. The van der Waals surface area contributed by atoms with Crippen molar-refractivity contribution < 1.29 is 5.11 Å². The summed E-state index contributed by atoms with van der Waals surface area (Å²) in [6.07, 6.45) is 4.30. The highest BCUT2D eigenvalue weighted by molar-refractivity contribution is 7.80. The molecule has 1 fully saturated rings. The maximum atomic E-state index is 10.1. The van der Waals surface area contributed by atoms with Crippen molar-refractivity contribution in [1.29, 1.82) is 0 Å². The Hall–Kier alpha value is -1.20. The van der Waals surface area contributed by atoms with Gasteiger partial charge in [0.05, 0.1) is 5.60 Å². The number of thiocarbonyl (C=S) groups is 1. The van der Waals surface area contributed by atoms with Gasteiger partial charge in [0.2, 0.25) is 0 Å². The third-order valence-corrected chi connectivity index (χ3v) is 3.66. The number of pyridine rings is 1. The third-order valence-electron chi connectivity index (χ3n) is 3.42. The summed E-state index contributed by atoms with van der Waals surface area (Å²) in [4.78, 5) is 6.96. The molecule has 2 rings (SSSR count). The largest absolute Gasteiger partial charge is 0.390 e. The molecular weight excluding hydrogens is 246 g/mol. The molecule has 5 heteroatoms. The van der Waals surface area contributed by atoms with Crippen molar-refractivity contribution in [3.8, 4) is 0 Å². The molecule has 4 nitrogen and oxygen atoms in total. The van der Waals surface area contributed by atoms with E-state index in [1.807, 2.05) is 19.1 Å². The van der Waals surface area contributed by atoms with Crippen LogP contribution in [0.25, 0.3) is 0 Å². The van der Waals surface area contributed by atoms with Crippen LogP contribution in [0.2, 0.25) is 0 Å². The SMILES string of the molecule is CC1(O)CCCN(c2ccc(C(N)=S)cn2)CC1. The summed E-state index contributed by atoms with van der Waals surface area (Å²) in [6.45, 7) is 3.65. The van der Waals surface area contributed by atoms with Crippen molar-refractivity contribution in [2.75, 3.05) is 18.0 Å². The van der Waals surface area contributed by atoms with Crippen molar-refractivity contribution in [2.45, 2.75) is 31.8 Å². The second kappa shape index (κ2) is 5.20. The Morgan fingerprint density at radius 2 is 2.22 bits per heavy atom. The van der Waals surface area contributed by atoms with Crippen LogP contribution >= 0.6 is 12.2 Å². The number of hydrogen-bond donors (Lipinski definition) is 2. The fourth-order valence-corrected chi connectivity index (χ4v) is 2.33. The maximum Gasteiger partial charge on any atom is 0.128 e. The van der Waals surface area contributed by atoms with Gasteiger partial charge in [0.1, 0.15) is 10.8 Å². The lowest BCUT2D eigenvalue weighted by atomic mass is 9.98. The number of aliphatic hydroxyl groups is 1. The van der Waals surface area contributed by atoms with E-state index in [0.717, 1.165) is 43.7 Å². The monoisotopic (exact) mass is 265 g/mol. The fraction of sp³-hybridized carbons (Fsp3) is 0.538. The summed E-state index contributed by atoms with van der Waals surface area (Å²) in [5, 5.41) is 10.1. The Kier molecular flexibility index (Phi) is 3.82. The number of hydrogen-bond acceptors (Lipinski definition) is 4. The van der Waals surface area contributed by atoms with E-state index in [1.165, 1.54) is 0 Å². The van der Waals surface area contributed by atoms with Crippen LogP contribution in [0.1, 0.15) is 31.7 Å². The van der Waals surface area contributed by atoms with E-state index in [4.69, 9.17) is 18.0 Å². The number of nitrogens with two attached hydrogens (primary N) is 1. The van der Waals surface area contributed by atoms with Gasteiger partial charge in [-0.05, 0) is 38.3 Å². The zero-order valence-corrected chi connectivity index (χ0v) is 11.4. The molecule has 1 atom stereocenters. The van der Waals surface area contributed by atoms with Crippen molar-refractivity contribution in [3.63, 3.8) is 0 Å². The number of nitrogens with zero attached hydrogens (tertiary/aromatic N) is 2. The van der Waals surface area contributed by atoms with Crippen LogP contribution in [0.4, 0.5) is 5.82 Å². The Balaban J connectivity index is 2.09. The molecule has 98 valence electrons. The van der Waals surface area contributed by atoms with Gasteiger partial charge in [0, 0.05) is 24.8 Å². The van der Waals surface area contributed by atoms with Crippen LogP contribution in [-0.4, -0.2) is 33.8 Å². The van der Waals surface area contributed by atoms with E-state index in [-0.39, 0.29) is 0 Å². The minimum absolute atomic E-state index is 0.368. The summed E-state index contributed by atoms with van der Waals surface area (Å²) >= 11 is 4.90. The highest BCUT2D eigenvalue weighted by Gasteiger charge is 2.25. The van der Waals surface area contributed by atoms with Gasteiger partial charge in [0.25, 0.3) is 0 Å². The molecule has 2 heterocycles. The van der Waals surface area contributed by atoms with Crippen molar-refractivity contribution in [3.05, 3.63) is 23.9 Å². The van der Waals surface area contributed by atoms with E-state index < -0.39 is 5.60 Å². The predicted octanol–water partition coefficient (Wildman–Crippen LogP) is 1.46. The molecule has 1 aliphatic rings. The first kappa shape index (κ1) is 13.2. The standard InChI is InChI=1S/C13H19N3OS/c1-13(17)5-2-7-16(8-6-13)11-4-3-10(9-15-11)12(14)18/h3-4,9,17H,2,5-8H2,1H3,(H2,14,18). The number of aromatic nitrogens is 1. The van der Waals surface area contributed by atoms with Gasteiger partial charge in [-0.15, -0.1) is 0 Å². The van der Waals surface area contributed by atoms with Crippen molar-refractivity contribution in [2.24, 2.45) is 5.73 Å². The highest BCUT2D eigenvalue weighted by Crippen LogP contribution is 2.24. The lowest BCUT2D eigenvalue weighted by Crippen LogP contribution is -2.28. The molecule has 0 saturated carbocycles. The van der Waals surface area contributed by atoms with E-state index in [9.17, 15) is 5.11 Å². The first-order chi connectivity index (χ1) is 8.48. The minimum Gasteiger partial charge on any atom is -0.390 e. The van der Waals surface area contributed by atoms with Gasteiger partial charge in [-0.1, -0.05) is 12.2 Å². The number of rotatable bonds is 2. The van der Waals surface area contributed by atoms with Crippen LogP contribution in [0.15, 0.2) is 18.3 Å². The summed E-state index contributed by atoms with van der Waals surface area (Å²) in [5.74, 6) is 0.924. The van der Waals surface area contributed by atoms with Gasteiger partial charge in [-0.25, -0.2) is 4.98 Å². The molecule has 0 amide bonds. The highest BCUT2D eigenvalue weighted by atomic mass is 32.1. The molecule has 0 aliphatic carbocycles. The molecule has 1 saturated heterocycles. The smallest absolute Gasteiger partial charge is 0.128 e. The van der Waals surface area contributed by atoms with E-state index >= 15 is 0 Å². The Morgan fingerprint density at radius 1 is 1.44 bits per heavy atom. The van der Waals surface area contributed by atoms with Gasteiger partial charge in [0.15, 0.2) is 0 Å². The molecule has 1 aromatic heterocycles. The molecule has 1 aliphatic heterocycles. The van der Waals surface area contributed by atoms with E-state index in [1.54, 1.807) is 6.20 Å². The van der Waals surface area contributed by atoms with Crippen molar-refractivity contribution >= 4 is 23.0 Å². The molecule has 0 aromatic carbocycles. The summed E-state index contributed by atoms with van der Waals surface area (Å²) in [7, 11) is 0. The van der Waals surface area contributed by atoms with Crippen LogP contribution in [0, 0.1) is 0 Å². The van der Waals surface area contributed by atoms with E-state index in [0.29, 0.717) is 4.99 Å². The predicted molar refractivity (Wildman–Crippen MR) is 76.8 cm³/mol. The molecule has 3 N–H and O–H groups in total. The molecule has 1 unspecified atom stereocenters. The van der Waals surface area contributed by atoms with Crippen molar-refractivity contribution in [1.82, 2.24) is 4.98 Å². The zero-order valence-electron chi connectivity index (χ0n) is 10.6. The van der Waals surface area contributed by atoms with Crippen LogP contribution < -0.4 is 10.6 Å². The number of anilines is 1. The lowest BCUT2D eigenvalue weighted by molar-refractivity contribution is 0.0481. The first-order valence-corrected chi connectivity index (χ1v) is 6.62. The Labute approximate surface area is 113 Å². The Bertz CT molecular complexity index is 430. The average molecular weight is 265 g/mol. The zero-order chi connectivity index (χ0) is 13.2. The van der Waals surface area contributed by atoms with Crippen LogP contribution in [0.3, 0.4) is 0 Å². The van der Waals surface area contributed by atoms with Gasteiger partial charge >= 0.3 is 0 Å². The second-order valence-electron chi connectivity index (χ2n) is 5.11. The second-order valence-corrected chi connectivity index (χ2v) is 5.55. The first-order valence-electron chi connectivity index (χ1n) is 6.21.